The van der Waals surface area contributed by atoms with Crippen molar-refractivity contribution in [2.24, 2.45) is 0 Å². The van der Waals surface area contributed by atoms with Gasteiger partial charge in [-0.05, 0) is 12.1 Å². The highest BCUT2D eigenvalue weighted by molar-refractivity contribution is 8.20. The Kier molecular flexibility index (Phi) is 14.0. The Balaban J connectivity index is 1.52. The Morgan fingerprint density at radius 1 is 0.775 bits per heavy atom. The van der Waals surface area contributed by atoms with Crippen LogP contribution in [0.5, 0.6) is 11.5 Å². The highest BCUT2D eigenvalue weighted by Crippen LogP contribution is 2.31. The van der Waals surface area contributed by atoms with Crippen LogP contribution in [0, 0.1) is 0 Å². The van der Waals surface area contributed by atoms with Crippen molar-refractivity contribution in [2.45, 2.75) is 22.7 Å². The van der Waals surface area contributed by atoms with Crippen LogP contribution in [0.2, 0.25) is 0 Å². The van der Waals surface area contributed by atoms with Crippen molar-refractivity contribution in [3.8, 4) is 11.5 Å². The van der Waals surface area contributed by atoms with Crippen molar-refractivity contribution in [1.82, 2.24) is 0 Å². The van der Waals surface area contributed by atoms with Gasteiger partial charge in [0.25, 0.3) is 0 Å². The number of benzene rings is 1. The van der Waals surface area contributed by atoms with E-state index in [-0.39, 0.29) is 48.9 Å². The minimum atomic E-state index is -0.855. The molecule has 0 bridgehead atoms. The lowest BCUT2D eigenvalue weighted by atomic mass is 10.3. The Morgan fingerprint density at radius 3 is 1.60 bits per heavy atom. The Bertz CT molecular complexity index is 963. The molecule has 14 heteroatoms. The van der Waals surface area contributed by atoms with Gasteiger partial charge < -0.3 is 28.4 Å². The largest absolute Gasteiger partial charge is 0.489 e. The van der Waals surface area contributed by atoms with E-state index in [1.54, 1.807) is 47.8 Å². The van der Waals surface area contributed by atoms with Gasteiger partial charge in [-0.3, -0.25) is 9.59 Å². The summed E-state index contributed by atoms with van der Waals surface area (Å²) in [5.74, 6) is 0.0993. The lowest BCUT2D eigenvalue weighted by Gasteiger charge is -2.20. The SMILES string of the molecule is C=CC(=O)OC(COC(=O)C1CSCS1)COc1cccc(OCC(COC(=O)C2CSCS2)OC(=O)C=C)c1. The zero-order chi connectivity index (χ0) is 28.7. The van der Waals surface area contributed by atoms with Crippen molar-refractivity contribution in [3.05, 3.63) is 49.6 Å². The first-order valence-corrected chi connectivity index (χ1v) is 16.5. The van der Waals surface area contributed by atoms with Gasteiger partial charge >= 0.3 is 23.9 Å². The summed E-state index contributed by atoms with van der Waals surface area (Å²) in [6.07, 6.45) is 0.329. The van der Waals surface area contributed by atoms with Crippen molar-refractivity contribution >= 4 is 70.9 Å². The smallest absolute Gasteiger partial charge is 0.330 e. The molecule has 0 spiro atoms. The van der Waals surface area contributed by atoms with Crippen LogP contribution in [0.4, 0.5) is 0 Å². The lowest BCUT2D eigenvalue weighted by molar-refractivity contribution is -0.156. The summed E-state index contributed by atoms with van der Waals surface area (Å²) in [4.78, 5) is 48.0. The van der Waals surface area contributed by atoms with Gasteiger partial charge in [0.15, 0.2) is 12.2 Å². The summed E-state index contributed by atoms with van der Waals surface area (Å²) in [5.41, 5.74) is 0. The monoisotopic (exact) mass is 630 g/mol. The van der Waals surface area contributed by atoms with Crippen molar-refractivity contribution < 1.29 is 47.6 Å². The van der Waals surface area contributed by atoms with E-state index < -0.39 is 24.1 Å². The van der Waals surface area contributed by atoms with Gasteiger partial charge in [-0.2, -0.15) is 0 Å². The average molecular weight is 631 g/mol. The first-order chi connectivity index (χ1) is 19.4. The van der Waals surface area contributed by atoms with Gasteiger partial charge in [0, 0.05) is 39.9 Å². The van der Waals surface area contributed by atoms with Crippen LogP contribution in [-0.4, -0.2) is 94.7 Å². The molecule has 0 radical (unpaired) electrons. The lowest BCUT2D eigenvalue weighted by Crippen LogP contribution is -2.32. The van der Waals surface area contributed by atoms with Gasteiger partial charge in [-0.1, -0.05) is 19.2 Å². The third-order valence-electron chi connectivity index (χ3n) is 5.17. The number of carbonyl (C=O) groups excluding carboxylic acids is 4. The van der Waals surface area contributed by atoms with Gasteiger partial charge in [-0.15, -0.1) is 47.0 Å². The van der Waals surface area contributed by atoms with Crippen molar-refractivity contribution in [1.29, 1.82) is 0 Å². The summed E-state index contributed by atoms with van der Waals surface area (Å²) in [6, 6.07) is 6.62. The molecule has 2 aliphatic heterocycles. The number of rotatable bonds is 16. The molecule has 1 aromatic rings. The Hall–Kier alpha value is -2.42. The molecule has 40 heavy (non-hydrogen) atoms. The normalized spacial score (nSPS) is 19.5. The van der Waals surface area contributed by atoms with E-state index in [4.69, 9.17) is 28.4 Å². The fourth-order valence-electron chi connectivity index (χ4n) is 3.16. The number of hydrogen-bond acceptors (Lipinski definition) is 14. The van der Waals surface area contributed by atoms with Gasteiger partial charge in [0.05, 0.1) is 0 Å². The number of ether oxygens (including phenoxy) is 6. The molecule has 3 rings (SSSR count). The molecule has 0 N–H and O–H groups in total. The first-order valence-electron chi connectivity index (χ1n) is 12.1. The molecule has 4 atom stereocenters. The summed E-state index contributed by atoms with van der Waals surface area (Å²) >= 11 is 6.35. The molecule has 2 saturated heterocycles. The molecule has 1 aromatic carbocycles. The number of hydrogen-bond donors (Lipinski definition) is 0. The van der Waals surface area contributed by atoms with Crippen molar-refractivity contribution in [3.63, 3.8) is 0 Å². The molecule has 10 nitrogen and oxygen atoms in total. The van der Waals surface area contributed by atoms with Gasteiger partial charge in [0.1, 0.15) is 48.4 Å². The standard InChI is InChI=1S/C26H30O10S4/c1-3-23(27)35-19(11-33-25(29)21-13-37-15-39-21)9-31-17-6-5-7-18(8-17)32-10-20(36-24(28)4-2)12-34-26(30)22-14-38-16-40-22/h3-8,19-22H,1-2,9-16H2. The van der Waals surface area contributed by atoms with E-state index in [2.05, 4.69) is 13.2 Å². The maximum atomic E-state index is 12.2. The van der Waals surface area contributed by atoms with Crippen molar-refractivity contribution in [2.75, 3.05) is 48.1 Å². The summed E-state index contributed by atoms with van der Waals surface area (Å²) < 4.78 is 32.8. The maximum Gasteiger partial charge on any atom is 0.330 e. The van der Waals surface area contributed by atoms with E-state index in [1.165, 1.54) is 23.5 Å². The van der Waals surface area contributed by atoms with Gasteiger partial charge in [-0.25, -0.2) is 9.59 Å². The van der Waals surface area contributed by atoms with E-state index in [0.29, 0.717) is 23.0 Å². The highest BCUT2D eigenvalue weighted by Gasteiger charge is 2.28. The van der Waals surface area contributed by atoms with Crippen LogP contribution in [0.1, 0.15) is 0 Å². The van der Waals surface area contributed by atoms with Crippen LogP contribution in [0.25, 0.3) is 0 Å². The highest BCUT2D eigenvalue weighted by atomic mass is 32.2. The number of thioether (sulfide) groups is 4. The van der Waals surface area contributed by atoms with Gasteiger partial charge in [0.2, 0.25) is 0 Å². The maximum absolute atomic E-state index is 12.2. The van der Waals surface area contributed by atoms with E-state index in [9.17, 15) is 19.2 Å². The quantitative estimate of drug-likeness (QED) is 0.151. The molecule has 2 aliphatic rings. The molecule has 2 heterocycles. The second-order valence-corrected chi connectivity index (χ2v) is 13.3. The zero-order valence-electron chi connectivity index (χ0n) is 21.6. The minimum Gasteiger partial charge on any atom is -0.489 e. The molecular formula is C26H30O10S4. The summed E-state index contributed by atoms with van der Waals surface area (Å²) in [6.45, 7) is 6.28. The Labute approximate surface area is 249 Å². The predicted molar refractivity (Wildman–Crippen MR) is 157 cm³/mol. The topological polar surface area (TPSA) is 124 Å². The number of carbonyl (C=O) groups is 4. The summed E-state index contributed by atoms with van der Waals surface area (Å²) in [7, 11) is 0. The second kappa shape index (κ2) is 17.4. The third kappa shape index (κ3) is 11.2. The predicted octanol–water partition coefficient (Wildman–Crippen LogP) is 3.34. The zero-order valence-corrected chi connectivity index (χ0v) is 24.8. The van der Waals surface area contributed by atoms with E-state index in [0.717, 1.165) is 22.3 Å². The minimum absolute atomic E-state index is 0.0874. The van der Waals surface area contributed by atoms with Crippen LogP contribution in [0.3, 0.4) is 0 Å². The van der Waals surface area contributed by atoms with E-state index >= 15 is 0 Å². The Morgan fingerprint density at radius 2 is 1.23 bits per heavy atom. The fourth-order valence-corrected chi connectivity index (χ4v) is 8.47. The first kappa shape index (κ1) is 32.1. The fraction of sp³-hybridized carbons (Fsp3) is 0.462. The molecule has 4 unspecified atom stereocenters. The van der Waals surface area contributed by atoms with Crippen LogP contribution >= 0.6 is 47.0 Å². The molecule has 0 aliphatic carbocycles. The molecule has 0 amide bonds. The third-order valence-corrected chi connectivity index (χ3v) is 10.7. The molecule has 2 fully saturated rings. The summed E-state index contributed by atoms with van der Waals surface area (Å²) in [5, 5.41) is 1.18. The molecular weight excluding hydrogens is 601 g/mol. The molecule has 0 saturated carbocycles. The molecule has 0 aromatic heterocycles. The van der Waals surface area contributed by atoms with Crippen LogP contribution in [0.15, 0.2) is 49.6 Å². The molecule has 218 valence electrons. The van der Waals surface area contributed by atoms with Crippen LogP contribution in [-0.2, 0) is 38.1 Å². The average Bonchev–Trinajstić information content (AvgIpc) is 3.71. The second-order valence-electron chi connectivity index (χ2n) is 8.17. The van der Waals surface area contributed by atoms with E-state index in [1.807, 2.05) is 0 Å². The number of esters is 4. The van der Waals surface area contributed by atoms with Crippen LogP contribution < -0.4 is 9.47 Å².